The normalized spacial score (nSPS) is 10.5. The van der Waals surface area contributed by atoms with Gasteiger partial charge >= 0.3 is 0 Å². The molecule has 0 bridgehead atoms. The van der Waals surface area contributed by atoms with Crippen LogP contribution in [-0.2, 0) is 6.54 Å². The van der Waals surface area contributed by atoms with Crippen LogP contribution >= 0.6 is 0 Å². The van der Waals surface area contributed by atoms with Gasteiger partial charge in [-0.1, -0.05) is 32.0 Å². The number of ether oxygens (including phenoxy) is 1. The molecule has 0 fully saturated rings. The Morgan fingerprint density at radius 3 is 2.57 bits per heavy atom. The van der Waals surface area contributed by atoms with E-state index in [9.17, 15) is 0 Å². The molecule has 4 N–H and O–H groups in total. The maximum Gasteiger partial charge on any atom is 0.148 e. The van der Waals surface area contributed by atoms with E-state index in [2.05, 4.69) is 34.6 Å². The third-order valence-corrected chi connectivity index (χ3v) is 3.24. The van der Waals surface area contributed by atoms with Gasteiger partial charge in [-0.25, -0.2) is 15.8 Å². The molecule has 2 aromatic rings. The lowest BCUT2D eigenvalue weighted by atomic mass is 10.0. The van der Waals surface area contributed by atoms with E-state index in [-0.39, 0.29) is 5.92 Å². The number of hydrogen-bond donors (Lipinski definition) is 3. The lowest BCUT2D eigenvalue weighted by Crippen LogP contribution is -2.15. The molecular formula is C15H21N5O. The second-order valence-electron chi connectivity index (χ2n) is 4.95. The van der Waals surface area contributed by atoms with Gasteiger partial charge in [0, 0.05) is 17.7 Å². The Bertz CT molecular complexity index is 600. The van der Waals surface area contributed by atoms with Gasteiger partial charge in [0.2, 0.25) is 0 Å². The molecule has 112 valence electrons. The van der Waals surface area contributed by atoms with Crippen molar-refractivity contribution >= 4 is 11.6 Å². The molecule has 0 unspecified atom stereocenters. The molecule has 0 aliphatic carbocycles. The summed E-state index contributed by atoms with van der Waals surface area (Å²) < 4.78 is 5.35. The van der Waals surface area contributed by atoms with Gasteiger partial charge < -0.3 is 15.5 Å². The van der Waals surface area contributed by atoms with E-state index in [0.29, 0.717) is 12.4 Å². The fourth-order valence-electron chi connectivity index (χ4n) is 2.23. The maximum atomic E-state index is 5.52. The first-order valence-corrected chi connectivity index (χ1v) is 6.84. The second kappa shape index (κ2) is 6.90. The van der Waals surface area contributed by atoms with Gasteiger partial charge in [-0.15, -0.1) is 0 Å². The number of para-hydroxylation sites is 1. The molecule has 1 aromatic heterocycles. The average Bonchev–Trinajstić information content (AvgIpc) is 2.52. The zero-order valence-corrected chi connectivity index (χ0v) is 12.6. The fraction of sp³-hybridized carbons (Fsp3) is 0.333. The van der Waals surface area contributed by atoms with Crippen LogP contribution in [0.5, 0.6) is 5.75 Å². The molecule has 1 heterocycles. The molecule has 6 heteroatoms. The topological polar surface area (TPSA) is 85.1 Å². The van der Waals surface area contributed by atoms with E-state index in [1.54, 1.807) is 7.11 Å². The minimum atomic E-state index is 0.248. The number of nitrogens with one attached hydrogen (secondary N) is 2. The molecule has 2 rings (SSSR count). The van der Waals surface area contributed by atoms with Crippen molar-refractivity contribution in [1.29, 1.82) is 0 Å². The lowest BCUT2D eigenvalue weighted by molar-refractivity contribution is 0.410. The lowest BCUT2D eigenvalue weighted by Gasteiger charge is -2.17. The third kappa shape index (κ3) is 3.41. The zero-order valence-electron chi connectivity index (χ0n) is 12.6. The van der Waals surface area contributed by atoms with Crippen LogP contribution in [0, 0.1) is 0 Å². The Labute approximate surface area is 124 Å². The summed E-state index contributed by atoms with van der Waals surface area (Å²) in [6.45, 7) is 4.77. The van der Waals surface area contributed by atoms with E-state index in [4.69, 9.17) is 10.6 Å². The van der Waals surface area contributed by atoms with Gasteiger partial charge in [0.1, 0.15) is 23.7 Å². The summed E-state index contributed by atoms with van der Waals surface area (Å²) in [5.41, 5.74) is 4.66. The molecule has 0 saturated heterocycles. The van der Waals surface area contributed by atoms with Crippen LogP contribution in [0.15, 0.2) is 30.6 Å². The molecule has 21 heavy (non-hydrogen) atoms. The largest absolute Gasteiger partial charge is 0.496 e. The van der Waals surface area contributed by atoms with Crippen molar-refractivity contribution in [2.24, 2.45) is 5.84 Å². The number of hydrogen-bond acceptors (Lipinski definition) is 6. The van der Waals surface area contributed by atoms with Crippen LogP contribution in [0.1, 0.15) is 30.9 Å². The highest BCUT2D eigenvalue weighted by atomic mass is 16.5. The van der Waals surface area contributed by atoms with Crippen molar-refractivity contribution in [3.8, 4) is 5.75 Å². The Morgan fingerprint density at radius 1 is 1.19 bits per heavy atom. The number of aromatic nitrogens is 2. The Kier molecular flexibility index (Phi) is 4.94. The summed E-state index contributed by atoms with van der Waals surface area (Å²) in [7, 11) is 1.67. The molecule has 0 saturated carbocycles. The minimum absolute atomic E-state index is 0.248. The average molecular weight is 287 g/mol. The van der Waals surface area contributed by atoms with Crippen molar-refractivity contribution < 1.29 is 4.74 Å². The van der Waals surface area contributed by atoms with Crippen LogP contribution in [0.2, 0.25) is 0 Å². The van der Waals surface area contributed by atoms with Crippen LogP contribution in [-0.4, -0.2) is 17.1 Å². The monoisotopic (exact) mass is 287 g/mol. The molecule has 0 radical (unpaired) electrons. The number of hydrazine groups is 1. The number of anilines is 2. The number of nitrogens with zero attached hydrogens (tertiary/aromatic N) is 2. The molecule has 0 amide bonds. The van der Waals surface area contributed by atoms with Gasteiger partial charge in [-0.3, -0.25) is 0 Å². The van der Waals surface area contributed by atoms with Gasteiger partial charge in [0.15, 0.2) is 0 Å². The zero-order chi connectivity index (χ0) is 15.2. The highest BCUT2D eigenvalue weighted by molar-refractivity contribution is 5.58. The predicted octanol–water partition coefficient (Wildman–Crippen LogP) is 2.51. The van der Waals surface area contributed by atoms with Crippen molar-refractivity contribution in [1.82, 2.24) is 9.97 Å². The molecule has 0 aliphatic rings. The van der Waals surface area contributed by atoms with Gasteiger partial charge in [0.25, 0.3) is 0 Å². The first kappa shape index (κ1) is 15.1. The quantitative estimate of drug-likeness (QED) is 0.559. The molecular weight excluding hydrogens is 266 g/mol. The van der Waals surface area contributed by atoms with E-state index in [1.807, 2.05) is 24.3 Å². The summed E-state index contributed by atoms with van der Waals surface area (Å²) in [5, 5.41) is 3.33. The summed E-state index contributed by atoms with van der Waals surface area (Å²) in [4.78, 5) is 8.48. The molecule has 0 spiro atoms. The van der Waals surface area contributed by atoms with Crippen molar-refractivity contribution in [2.75, 3.05) is 17.9 Å². The molecule has 0 atom stereocenters. The van der Waals surface area contributed by atoms with E-state index in [0.717, 1.165) is 22.7 Å². The van der Waals surface area contributed by atoms with Crippen molar-refractivity contribution in [3.05, 3.63) is 41.7 Å². The highest BCUT2D eigenvalue weighted by Crippen LogP contribution is 2.28. The van der Waals surface area contributed by atoms with E-state index >= 15 is 0 Å². The second-order valence-corrected chi connectivity index (χ2v) is 4.95. The Hall–Kier alpha value is -2.34. The van der Waals surface area contributed by atoms with Crippen LogP contribution < -0.4 is 21.3 Å². The summed E-state index contributed by atoms with van der Waals surface area (Å²) >= 11 is 0. The van der Waals surface area contributed by atoms with Crippen LogP contribution in [0.4, 0.5) is 11.6 Å². The number of nitrogen functional groups attached to an aromatic ring is 1. The summed E-state index contributed by atoms with van der Waals surface area (Å²) in [6.07, 6.45) is 1.49. The third-order valence-electron chi connectivity index (χ3n) is 3.24. The standard InChI is InChI=1S/C15H21N5O/c1-10(2)13-14(18-9-19-15(13)20-16)17-8-11-6-4-5-7-12(11)21-3/h4-7,9-10H,8,16H2,1-3H3,(H2,17,18,19,20). The Morgan fingerprint density at radius 2 is 1.90 bits per heavy atom. The van der Waals surface area contributed by atoms with Crippen molar-refractivity contribution in [2.45, 2.75) is 26.3 Å². The molecule has 0 aliphatic heterocycles. The number of rotatable bonds is 6. The maximum absolute atomic E-state index is 5.52. The fourth-order valence-corrected chi connectivity index (χ4v) is 2.23. The number of benzene rings is 1. The Balaban J connectivity index is 2.24. The summed E-state index contributed by atoms with van der Waals surface area (Å²) in [6, 6.07) is 7.89. The number of methoxy groups -OCH3 is 1. The highest BCUT2D eigenvalue weighted by Gasteiger charge is 2.14. The van der Waals surface area contributed by atoms with Gasteiger partial charge in [-0.05, 0) is 12.0 Å². The molecule has 1 aromatic carbocycles. The smallest absolute Gasteiger partial charge is 0.148 e. The summed E-state index contributed by atoms with van der Waals surface area (Å²) in [5.74, 6) is 8.04. The van der Waals surface area contributed by atoms with Crippen LogP contribution in [0.25, 0.3) is 0 Å². The van der Waals surface area contributed by atoms with Crippen molar-refractivity contribution in [3.63, 3.8) is 0 Å². The first-order chi connectivity index (χ1) is 10.2. The van der Waals surface area contributed by atoms with Crippen LogP contribution in [0.3, 0.4) is 0 Å². The van der Waals surface area contributed by atoms with E-state index in [1.165, 1.54) is 6.33 Å². The SMILES string of the molecule is COc1ccccc1CNc1ncnc(NN)c1C(C)C. The molecule has 6 nitrogen and oxygen atoms in total. The van der Waals surface area contributed by atoms with Gasteiger partial charge in [0.05, 0.1) is 7.11 Å². The minimum Gasteiger partial charge on any atom is -0.496 e. The number of nitrogens with two attached hydrogens (primary N) is 1. The predicted molar refractivity (Wildman–Crippen MR) is 84.3 cm³/mol. The van der Waals surface area contributed by atoms with Gasteiger partial charge in [-0.2, -0.15) is 0 Å². The first-order valence-electron chi connectivity index (χ1n) is 6.84. The van der Waals surface area contributed by atoms with E-state index < -0.39 is 0 Å².